The van der Waals surface area contributed by atoms with Gasteiger partial charge >= 0.3 is 0 Å². The van der Waals surface area contributed by atoms with E-state index in [1.165, 1.54) is 0 Å². The summed E-state index contributed by atoms with van der Waals surface area (Å²) >= 11 is 1.64. The van der Waals surface area contributed by atoms with Crippen molar-refractivity contribution in [3.8, 4) is 11.1 Å². The van der Waals surface area contributed by atoms with Gasteiger partial charge in [-0.1, -0.05) is 0 Å². The number of hydrogen-bond donors (Lipinski definition) is 1. The molecule has 0 amide bonds. The third-order valence-electron chi connectivity index (χ3n) is 2.50. The Labute approximate surface area is 96.6 Å². The highest BCUT2D eigenvalue weighted by molar-refractivity contribution is 7.08. The lowest BCUT2D eigenvalue weighted by molar-refractivity contribution is 1.34. The molecule has 0 saturated heterocycles. The molecule has 3 rings (SSSR count). The second-order valence-electron chi connectivity index (χ2n) is 3.47. The van der Waals surface area contributed by atoms with E-state index in [2.05, 4.69) is 15.3 Å². The molecule has 0 aliphatic rings. The summed E-state index contributed by atoms with van der Waals surface area (Å²) in [7, 11) is 0. The Morgan fingerprint density at radius 2 is 2.12 bits per heavy atom. The van der Waals surface area contributed by atoms with Gasteiger partial charge in [0.05, 0.1) is 11.2 Å². The Kier molecular flexibility index (Phi) is 2.08. The lowest BCUT2D eigenvalue weighted by Crippen LogP contribution is -1.94. The SMILES string of the molecule is Nc1c(-c2ccsc2)cnc2cccnc12. The minimum Gasteiger partial charge on any atom is -0.396 e. The highest BCUT2D eigenvalue weighted by atomic mass is 32.1. The van der Waals surface area contributed by atoms with E-state index in [0.29, 0.717) is 5.69 Å². The van der Waals surface area contributed by atoms with Gasteiger partial charge in [-0.15, -0.1) is 0 Å². The second kappa shape index (κ2) is 3.57. The summed E-state index contributed by atoms with van der Waals surface area (Å²) in [6, 6.07) is 5.81. The molecule has 3 nitrogen and oxygen atoms in total. The number of aromatic nitrogens is 2. The summed E-state index contributed by atoms with van der Waals surface area (Å²) < 4.78 is 0. The average molecular weight is 227 g/mol. The number of nitrogens with zero attached hydrogens (tertiary/aromatic N) is 2. The number of rotatable bonds is 1. The lowest BCUT2D eigenvalue weighted by Gasteiger charge is -2.05. The monoisotopic (exact) mass is 227 g/mol. The van der Waals surface area contributed by atoms with Crippen molar-refractivity contribution in [1.82, 2.24) is 9.97 Å². The molecule has 0 fully saturated rings. The topological polar surface area (TPSA) is 51.8 Å². The zero-order valence-electron chi connectivity index (χ0n) is 8.42. The summed E-state index contributed by atoms with van der Waals surface area (Å²) in [5.41, 5.74) is 10.5. The maximum absolute atomic E-state index is 6.11. The van der Waals surface area contributed by atoms with Crippen molar-refractivity contribution in [2.75, 3.05) is 5.73 Å². The summed E-state index contributed by atoms with van der Waals surface area (Å²) in [5.74, 6) is 0. The molecule has 4 heteroatoms. The number of pyridine rings is 2. The van der Waals surface area contributed by atoms with Crippen LogP contribution in [0.5, 0.6) is 0 Å². The smallest absolute Gasteiger partial charge is 0.112 e. The van der Waals surface area contributed by atoms with Gasteiger partial charge in [0, 0.05) is 18.0 Å². The van der Waals surface area contributed by atoms with Crippen molar-refractivity contribution in [1.29, 1.82) is 0 Å². The molecule has 2 N–H and O–H groups in total. The maximum Gasteiger partial charge on any atom is 0.112 e. The Morgan fingerprint density at radius 3 is 2.94 bits per heavy atom. The molecule has 3 heterocycles. The molecule has 16 heavy (non-hydrogen) atoms. The van der Waals surface area contributed by atoms with E-state index >= 15 is 0 Å². The van der Waals surface area contributed by atoms with E-state index < -0.39 is 0 Å². The summed E-state index contributed by atoms with van der Waals surface area (Å²) in [5, 5.41) is 4.08. The predicted molar refractivity (Wildman–Crippen MR) is 67.3 cm³/mol. The van der Waals surface area contributed by atoms with E-state index in [4.69, 9.17) is 5.73 Å². The predicted octanol–water partition coefficient (Wildman–Crippen LogP) is 2.94. The first-order chi connectivity index (χ1) is 7.86. The van der Waals surface area contributed by atoms with Gasteiger partial charge in [-0.05, 0) is 34.5 Å². The van der Waals surface area contributed by atoms with Crippen molar-refractivity contribution < 1.29 is 0 Å². The van der Waals surface area contributed by atoms with E-state index in [9.17, 15) is 0 Å². The molecule has 0 radical (unpaired) electrons. The largest absolute Gasteiger partial charge is 0.396 e. The zero-order valence-corrected chi connectivity index (χ0v) is 9.24. The van der Waals surface area contributed by atoms with Crippen LogP contribution in [0.1, 0.15) is 0 Å². The highest BCUT2D eigenvalue weighted by Gasteiger charge is 2.08. The van der Waals surface area contributed by atoms with Gasteiger partial charge in [0.1, 0.15) is 5.52 Å². The number of anilines is 1. The molecule has 0 atom stereocenters. The molecule has 78 valence electrons. The van der Waals surface area contributed by atoms with E-state index in [1.807, 2.05) is 23.6 Å². The Morgan fingerprint density at radius 1 is 1.19 bits per heavy atom. The van der Waals surface area contributed by atoms with Crippen LogP contribution in [0, 0.1) is 0 Å². The second-order valence-corrected chi connectivity index (χ2v) is 4.25. The van der Waals surface area contributed by atoms with Crippen LogP contribution in [0.3, 0.4) is 0 Å². The van der Waals surface area contributed by atoms with Gasteiger partial charge in [-0.2, -0.15) is 11.3 Å². The fourth-order valence-corrected chi connectivity index (χ4v) is 2.34. The van der Waals surface area contributed by atoms with Crippen LogP contribution in [0.2, 0.25) is 0 Å². The molecule has 0 spiro atoms. The third kappa shape index (κ3) is 1.35. The molecular formula is C12H9N3S. The quantitative estimate of drug-likeness (QED) is 0.695. The number of hydrogen-bond acceptors (Lipinski definition) is 4. The summed E-state index contributed by atoms with van der Waals surface area (Å²) in [6.07, 6.45) is 3.54. The average Bonchev–Trinajstić information content (AvgIpc) is 2.83. The molecule has 0 aromatic carbocycles. The minimum atomic E-state index is 0.698. The Bertz CT molecular complexity index is 632. The highest BCUT2D eigenvalue weighted by Crippen LogP contribution is 2.30. The van der Waals surface area contributed by atoms with E-state index in [0.717, 1.165) is 22.2 Å². The van der Waals surface area contributed by atoms with Gasteiger partial charge in [-0.25, -0.2) is 0 Å². The third-order valence-corrected chi connectivity index (χ3v) is 3.18. The molecule has 0 aliphatic heterocycles. The van der Waals surface area contributed by atoms with Crippen LogP contribution in [-0.4, -0.2) is 9.97 Å². The van der Waals surface area contributed by atoms with Crippen LogP contribution in [0.4, 0.5) is 5.69 Å². The molecule has 0 saturated carbocycles. The van der Waals surface area contributed by atoms with Gasteiger partial charge in [0.25, 0.3) is 0 Å². The lowest BCUT2D eigenvalue weighted by atomic mass is 10.1. The maximum atomic E-state index is 6.11. The molecule has 0 bridgehead atoms. The van der Waals surface area contributed by atoms with E-state index in [1.54, 1.807) is 23.7 Å². The molecule has 0 unspecified atom stereocenters. The van der Waals surface area contributed by atoms with Gasteiger partial charge in [-0.3, -0.25) is 9.97 Å². The number of nitrogen functional groups attached to an aromatic ring is 1. The van der Waals surface area contributed by atoms with E-state index in [-0.39, 0.29) is 0 Å². The molecule has 3 aromatic rings. The first kappa shape index (κ1) is 9.30. The molecule has 0 aliphatic carbocycles. The zero-order chi connectivity index (χ0) is 11.0. The summed E-state index contributed by atoms with van der Waals surface area (Å²) in [4.78, 5) is 8.63. The normalized spacial score (nSPS) is 10.8. The van der Waals surface area contributed by atoms with Crippen LogP contribution >= 0.6 is 11.3 Å². The van der Waals surface area contributed by atoms with Crippen LogP contribution in [-0.2, 0) is 0 Å². The van der Waals surface area contributed by atoms with Crippen molar-refractivity contribution in [2.45, 2.75) is 0 Å². The van der Waals surface area contributed by atoms with Crippen molar-refractivity contribution in [3.05, 3.63) is 41.4 Å². The molecule has 3 aromatic heterocycles. The summed E-state index contributed by atoms with van der Waals surface area (Å²) in [6.45, 7) is 0. The van der Waals surface area contributed by atoms with Gasteiger partial charge < -0.3 is 5.73 Å². The van der Waals surface area contributed by atoms with Crippen LogP contribution in [0.25, 0.3) is 22.2 Å². The van der Waals surface area contributed by atoms with Gasteiger partial charge in [0.15, 0.2) is 0 Å². The van der Waals surface area contributed by atoms with Crippen molar-refractivity contribution in [3.63, 3.8) is 0 Å². The Hall–Kier alpha value is -1.94. The van der Waals surface area contributed by atoms with Crippen LogP contribution < -0.4 is 5.73 Å². The number of nitrogens with two attached hydrogens (primary N) is 1. The number of fused-ring (bicyclic) bond motifs is 1. The first-order valence-corrected chi connectivity index (χ1v) is 5.82. The van der Waals surface area contributed by atoms with Crippen LogP contribution in [0.15, 0.2) is 41.4 Å². The van der Waals surface area contributed by atoms with Crippen molar-refractivity contribution in [2.24, 2.45) is 0 Å². The van der Waals surface area contributed by atoms with Crippen molar-refractivity contribution >= 4 is 28.1 Å². The standard InChI is InChI=1S/C12H9N3S/c13-11-9(8-3-5-16-7-8)6-15-10-2-1-4-14-12(10)11/h1-7H,(H2,13,15). The fraction of sp³-hybridized carbons (Fsp3) is 0. The minimum absolute atomic E-state index is 0.698. The first-order valence-electron chi connectivity index (χ1n) is 4.88. The Balaban J connectivity index is 2.32. The fourth-order valence-electron chi connectivity index (χ4n) is 1.69. The molecular weight excluding hydrogens is 218 g/mol. The van der Waals surface area contributed by atoms with Gasteiger partial charge in [0.2, 0.25) is 0 Å². The number of thiophene rings is 1.